The second-order valence-corrected chi connectivity index (χ2v) is 33.7. The first kappa shape index (κ1) is 101. The predicted octanol–water partition coefficient (Wildman–Crippen LogP) is 15.1. The number of rotatable bonds is 42. The van der Waals surface area contributed by atoms with Gasteiger partial charge in [-0.15, -0.1) is 0 Å². The number of amides is 7. The summed E-state index contributed by atoms with van der Waals surface area (Å²) in [6.45, 7) is 14.8. The van der Waals surface area contributed by atoms with Crippen LogP contribution in [0.4, 0.5) is 4.39 Å². The van der Waals surface area contributed by atoms with Crippen molar-refractivity contribution in [2.45, 2.75) is 201 Å². The van der Waals surface area contributed by atoms with Crippen LogP contribution in [-0.4, -0.2) is 182 Å². The molecule has 130 heavy (non-hydrogen) atoms. The Morgan fingerprint density at radius 2 is 0.808 bits per heavy atom. The number of nitrogens with one attached hydrogen (secondary N) is 6. The third kappa shape index (κ3) is 30.3. The van der Waals surface area contributed by atoms with Crippen molar-refractivity contribution in [3.8, 4) is 74.0 Å². The van der Waals surface area contributed by atoms with Gasteiger partial charge < -0.3 is 74.7 Å². The highest BCUT2D eigenvalue weighted by Gasteiger charge is 2.33. The molecule has 31 heteroatoms. The van der Waals surface area contributed by atoms with Crippen molar-refractivity contribution >= 4 is 53.3 Å². The molecule has 7 amide bonds. The summed E-state index contributed by atoms with van der Waals surface area (Å²) in [4.78, 5) is 115. The van der Waals surface area contributed by atoms with E-state index in [1.54, 1.807) is 77.7 Å². The zero-order valence-corrected chi connectivity index (χ0v) is 77.3. The minimum atomic E-state index is -0.571. The molecule has 2 fully saturated rings. The van der Waals surface area contributed by atoms with Gasteiger partial charge in [-0.3, -0.25) is 52.5 Å². The molecule has 11 rings (SSSR count). The van der Waals surface area contributed by atoms with Crippen LogP contribution in [0.3, 0.4) is 0 Å². The van der Waals surface area contributed by atoms with Gasteiger partial charge in [0.05, 0.1) is 107 Å². The molecule has 6 aromatic carbocycles. The molecule has 30 nitrogen and oxygen atoms in total. The summed E-state index contributed by atoms with van der Waals surface area (Å²) in [6.07, 6.45) is 12.5. The molecule has 2 saturated carbocycles. The van der Waals surface area contributed by atoms with Crippen molar-refractivity contribution in [3.63, 3.8) is 0 Å². The van der Waals surface area contributed by atoms with E-state index in [-0.39, 0.29) is 128 Å². The quantitative estimate of drug-likeness (QED) is 0.0194. The molecule has 0 aliphatic heterocycles. The number of nitrogens with zero attached hydrogens (tertiary/aromatic N) is 7. The lowest BCUT2D eigenvalue weighted by atomic mass is 9.95. The van der Waals surface area contributed by atoms with Crippen molar-refractivity contribution in [1.82, 2.24) is 66.1 Å². The van der Waals surface area contributed by atoms with E-state index in [1.807, 2.05) is 154 Å². The molecule has 698 valence electrons. The lowest BCUT2D eigenvalue weighted by molar-refractivity contribution is -0.143. The van der Waals surface area contributed by atoms with Crippen LogP contribution in [0.25, 0.3) is 39.5 Å². The Morgan fingerprint density at radius 3 is 1.18 bits per heavy atom. The summed E-state index contributed by atoms with van der Waals surface area (Å²) in [5, 5.41) is 31.2. The highest BCUT2D eigenvalue weighted by atomic mass is 19.1. The van der Waals surface area contributed by atoms with Crippen LogP contribution in [0, 0.1) is 23.6 Å². The number of halogens is 1. The average molecular weight is 1790 g/mol. The fourth-order valence-electron chi connectivity index (χ4n) is 15.8. The SMILES string of the molecule is CCOC(=O)CCNC(=O)C[C@H](CC(C)C)NC(=O)c1cc(-c2c(OC)cccc2OCc2ccccc2)n(C2CCCCC2)n1.COC(=O)CNC(=O)C[C@H](CC(C)C)NC(=O)c1cc(-c2c(OC)cccc2OC)n(-c2ccc(F)cc2)n1.COc1cccc(OCc2ccccc2)c1-c1cc(C(=O)N[C@H](CC(=O)NCC(=O)N(C)C)CC(C)C)nn1C1CCCCC1. The standard InChI is InChI=1S/C36H48N4O6.C35H47N5O5.C28H33FN4O6/c1-5-45-34(42)19-20-37-33(41)22-27(21-25(2)3)38-36(43)29-23-30(40(39-29)28-15-10-7-11-16-28)35-31(44-4)17-12-18-32(35)46-24-26-13-8-6-9-14-26;1-24(2)19-26(20-32(41)36-22-33(42)39(3)4)37-35(43)28-21-29(40(38-28)27-15-10-7-11-16-27)34-30(44-5)17-12-18-31(34)45-23-25-13-8-6-9-14-25;1-17(2)13-19(14-25(34)30-16-26(35)39-5)31-28(36)21-15-22(27-23(37-3)7-6-8-24(27)38-4)33(32-21)20-11-9-18(29)10-12-20/h6,8-9,12-14,17-18,23,25,27-28H,5,7,10-11,15-16,19-22,24H2,1-4H3,(H,37,41)(H,38,43);6,8-9,12-14,17-18,21,24,26-27H,7,10-11,15-16,19-20,22-23H2,1-5H3,(H,36,41)(H,37,43);6-12,15,17,19H,13-14,16H2,1-5H3,(H,30,34)(H,31,36)/t27-;26-;19-/m000/s1. The van der Waals surface area contributed by atoms with Crippen molar-refractivity contribution in [2.75, 3.05) is 75.9 Å². The van der Waals surface area contributed by atoms with Crippen molar-refractivity contribution in [1.29, 1.82) is 0 Å². The van der Waals surface area contributed by atoms with Gasteiger partial charge in [0, 0.05) is 58.0 Å². The normalized spacial score (nSPS) is 13.3. The molecule has 3 heterocycles. The topological polar surface area (TPSA) is 356 Å². The Kier molecular flexibility index (Phi) is 39.6. The molecule has 2 aliphatic rings. The summed E-state index contributed by atoms with van der Waals surface area (Å²) in [5.41, 5.74) is 7.26. The van der Waals surface area contributed by atoms with Crippen LogP contribution in [0.1, 0.15) is 212 Å². The van der Waals surface area contributed by atoms with Gasteiger partial charge in [0.15, 0.2) is 17.1 Å². The number of esters is 2. The highest BCUT2D eigenvalue weighted by molar-refractivity contribution is 5.97. The van der Waals surface area contributed by atoms with Crippen molar-refractivity contribution in [2.24, 2.45) is 17.8 Å². The monoisotopic (exact) mass is 1790 g/mol. The first-order valence-corrected chi connectivity index (χ1v) is 44.7. The Bertz CT molecular complexity index is 5150. The Hall–Kier alpha value is -13.1. The number of ether oxygens (including phenoxy) is 8. The van der Waals surface area contributed by atoms with E-state index in [2.05, 4.69) is 41.7 Å². The molecule has 3 atom stereocenters. The Morgan fingerprint density at radius 1 is 0.438 bits per heavy atom. The predicted molar refractivity (Wildman–Crippen MR) is 493 cm³/mol. The molecule has 0 saturated heterocycles. The first-order valence-electron chi connectivity index (χ1n) is 44.7. The lowest BCUT2D eigenvalue weighted by Gasteiger charge is -2.25. The summed E-state index contributed by atoms with van der Waals surface area (Å²) in [5.74, 6) is 0.509. The number of carbonyl (C=O) groups is 9. The van der Waals surface area contributed by atoms with Gasteiger partial charge in [0.1, 0.15) is 60.1 Å². The van der Waals surface area contributed by atoms with Crippen molar-refractivity contribution in [3.05, 3.63) is 192 Å². The average Bonchev–Trinajstić information content (AvgIpc) is 1.61. The highest BCUT2D eigenvalue weighted by Crippen LogP contribution is 2.45. The van der Waals surface area contributed by atoms with Gasteiger partial charge in [0.2, 0.25) is 23.6 Å². The van der Waals surface area contributed by atoms with Gasteiger partial charge in [-0.05, 0) is 160 Å². The Labute approximate surface area is 761 Å². The molecule has 0 unspecified atom stereocenters. The van der Waals surface area contributed by atoms with Crippen molar-refractivity contribution < 1.29 is 85.4 Å². The maximum absolute atomic E-state index is 13.8. The van der Waals surface area contributed by atoms with Crippen LogP contribution in [-0.2, 0) is 51.5 Å². The third-order valence-corrected chi connectivity index (χ3v) is 22.0. The molecule has 3 aromatic heterocycles. The zero-order valence-electron chi connectivity index (χ0n) is 77.3. The molecular weight excluding hydrogens is 1660 g/mol. The molecule has 0 spiro atoms. The van der Waals surface area contributed by atoms with Crippen LogP contribution < -0.4 is 60.3 Å². The summed E-state index contributed by atoms with van der Waals surface area (Å²) in [6, 6.07) is 46.4. The largest absolute Gasteiger partial charge is 0.496 e. The second kappa shape index (κ2) is 51.2. The zero-order chi connectivity index (χ0) is 93.8. The van der Waals surface area contributed by atoms with E-state index < -0.39 is 41.7 Å². The maximum atomic E-state index is 13.8. The Balaban J connectivity index is 0.000000221. The molecule has 0 bridgehead atoms. The number of benzene rings is 6. The maximum Gasteiger partial charge on any atom is 0.325 e. The van der Waals surface area contributed by atoms with Gasteiger partial charge in [0.25, 0.3) is 17.7 Å². The molecule has 0 radical (unpaired) electrons. The summed E-state index contributed by atoms with van der Waals surface area (Å²) in [7, 11) is 10.8. The van der Waals surface area contributed by atoms with Crippen LogP contribution in [0.2, 0.25) is 0 Å². The number of likely N-dealkylation sites (N-methyl/N-ethyl adjacent to an activating group) is 1. The van der Waals surface area contributed by atoms with E-state index >= 15 is 0 Å². The summed E-state index contributed by atoms with van der Waals surface area (Å²) >= 11 is 0. The van der Waals surface area contributed by atoms with Gasteiger partial charge >= 0.3 is 11.9 Å². The molecular formula is C99H128FN13O17. The van der Waals surface area contributed by atoms with Crippen LogP contribution >= 0.6 is 0 Å². The van der Waals surface area contributed by atoms with E-state index in [4.69, 9.17) is 43.4 Å². The fraction of sp³-hybridized carbons (Fsp3) is 0.455. The number of hydrogen-bond donors (Lipinski definition) is 6. The van der Waals surface area contributed by atoms with E-state index in [1.165, 1.54) is 55.9 Å². The molecule has 6 N–H and O–H groups in total. The van der Waals surface area contributed by atoms with Crippen LogP contribution in [0.15, 0.2) is 158 Å². The minimum Gasteiger partial charge on any atom is -0.496 e. The van der Waals surface area contributed by atoms with E-state index in [0.29, 0.717) is 90.5 Å². The van der Waals surface area contributed by atoms with Gasteiger partial charge in [-0.2, -0.15) is 15.3 Å². The number of hydrogen-bond acceptors (Lipinski definition) is 20. The van der Waals surface area contributed by atoms with E-state index in [0.717, 1.165) is 85.0 Å². The molecule has 2 aliphatic carbocycles. The number of aromatic nitrogens is 6. The lowest BCUT2D eigenvalue weighted by Crippen LogP contribution is -2.42. The number of carbonyl (C=O) groups excluding carboxylic acids is 9. The third-order valence-electron chi connectivity index (χ3n) is 22.0. The fourth-order valence-corrected chi connectivity index (χ4v) is 15.8. The second-order valence-electron chi connectivity index (χ2n) is 33.7. The smallest absolute Gasteiger partial charge is 0.325 e. The summed E-state index contributed by atoms with van der Waals surface area (Å²) < 4.78 is 64.1. The number of methoxy groups -OCH3 is 5. The van der Waals surface area contributed by atoms with Crippen LogP contribution in [0.5, 0.6) is 34.5 Å². The first-order chi connectivity index (χ1) is 62.6. The minimum absolute atomic E-state index is 0.0349. The van der Waals surface area contributed by atoms with E-state index in [9.17, 15) is 47.5 Å². The van der Waals surface area contributed by atoms with Gasteiger partial charge in [-0.25, -0.2) is 9.07 Å². The molecule has 9 aromatic rings. The van der Waals surface area contributed by atoms with Gasteiger partial charge in [-0.1, -0.05) is 159 Å².